The van der Waals surface area contributed by atoms with Crippen LogP contribution in [0, 0.1) is 0 Å². The van der Waals surface area contributed by atoms with E-state index in [4.69, 9.17) is 9.47 Å². The normalized spacial score (nSPS) is 19.4. The molecule has 388 valence electrons. The summed E-state index contributed by atoms with van der Waals surface area (Å²) in [7, 11) is 3.38. The number of ether oxygens (including phenoxy) is 2. The van der Waals surface area contributed by atoms with Gasteiger partial charge in [0.15, 0.2) is 6.29 Å². The second-order valence-corrected chi connectivity index (χ2v) is 19.1. The molecule has 4 aromatic rings. The lowest BCUT2D eigenvalue weighted by atomic mass is 10.00. The number of aldehydes is 1. The predicted molar refractivity (Wildman–Crippen MR) is 271 cm³/mol. The van der Waals surface area contributed by atoms with Gasteiger partial charge in [0.25, 0.3) is 5.91 Å². The quantitative estimate of drug-likeness (QED) is 0.0288. The van der Waals surface area contributed by atoms with E-state index in [1.165, 1.54) is 28.8 Å². The molecule has 2 atom stereocenters. The van der Waals surface area contributed by atoms with Gasteiger partial charge in [-0.2, -0.15) is 18.3 Å². The monoisotopic (exact) mass is 1010 g/mol. The van der Waals surface area contributed by atoms with Crippen LogP contribution in [-0.4, -0.2) is 151 Å². The second kappa shape index (κ2) is 23.9. The van der Waals surface area contributed by atoms with E-state index in [1.807, 2.05) is 36.2 Å². The number of aromatic nitrogens is 2. The summed E-state index contributed by atoms with van der Waals surface area (Å²) < 4.78 is 58.2. The van der Waals surface area contributed by atoms with Gasteiger partial charge in [-0.1, -0.05) is 54.6 Å². The van der Waals surface area contributed by atoms with Crippen LogP contribution < -0.4 is 15.9 Å². The first-order valence-corrected chi connectivity index (χ1v) is 24.7. The maximum Gasteiger partial charge on any atom is 0.418 e. The SMILES string of the molecule is C=N/N=C\N(C)CCC1=CC(n2cc3c(C(F)(F)F)cc(CN4CCC(OCCOCc5ccc(CN6CCN(c7cccc(C=O)c7C(=O)N(C)C7CCC(=O)NC7=O)CC6)cc5)CC4)cn3c2=O)CC=C1. The number of piperazine rings is 1. The highest BCUT2D eigenvalue weighted by molar-refractivity contribution is 6.09. The zero-order chi connectivity index (χ0) is 51.6. The highest BCUT2D eigenvalue weighted by atomic mass is 19.4. The molecule has 8 rings (SSSR count). The van der Waals surface area contributed by atoms with Gasteiger partial charge in [-0.25, -0.2) is 4.79 Å². The number of pyridine rings is 1. The average Bonchev–Trinajstić information content (AvgIpc) is 3.72. The lowest BCUT2D eigenvalue weighted by Crippen LogP contribution is -2.53. The Morgan fingerprint density at radius 2 is 1.64 bits per heavy atom. The first-order valence-electron chi connectivity index (χ1n) is 24.7. The number of likely N-dealkylation sites (N-methyl/N-ethyl adjacent to an activating group) is 1. The number of piperidine rings is 2. The number of benzene rings is 2. The molecule has 0 bridgehead atoms. The molecule has 3 saturated heterocycles. The molecule has 17 nitrogen and oxygen atoms in total. The molecule has 4 aliphatic rings. The van der Waals surface area contributed by atoms with E-state index < -0.39 is 41.3 Å². The summed E-state index contributed by atoms with van der Waals surface area (Å²) in [5, 5.41) is 9.54. The van der Waals surface area contributed by atoms with E-state index in [9.17, 15) is 37.1 Å². The first-order chi connectivity index (χ1) is 35.2. The second-order valence-electron chi connectivity index (χ2n) is 19.1. The first kappa shape index (κ1) is 52.6. The number of amides is 3. The number of nitrogens with one attached hydrogen (secondary N) is 1. The molecule has 3 amide bonds. The predicted octanol–water partition coefficient (Wildman–Crippen LogP) is 5.72. The molecule has 1 aliphatic carbocycles. The summed E-state index contributed by atoms with van der Waals surface area (Å²) in [5.74, 6) is -1.33. The summed E-state index contributed by atoms with van der Waals surface area (Å²) in [6.45, 7) is 10.2. The third-order valence-electron chi connectivity index (χ3n) is 14.1. The Morgan fingerprint density at radius 1 is 0.918 bits per heavy atom. The van der Waals surface area contributed by atoms with Crippen LogP contribution in [0.4, 0.5) is 18.9 Å². The molecule has 0 spiro atoms. The Labute approximate surface area is 422 Å². The number of likely N-dealkylation sites (tertiary alicyclic amines) is 1. The van der Waals surface area contributed by atoms with Gasteiger partial charge in [0, 0.05) is 104 Å². The average molecular weight is 1010 g/mol. The van der Waals surface area contributed by atoms with E-state index in [0.717, 1.165) is 53.6 Å². The van der Waals surface area contributed by atoms with Crippen LogP contribution in [0.5, 0.6) is 0 Å². The summed E-state index contributed by atoms with van der Waals surface area (Å²) in [6, 6.07) is 13.4. The van der Waals surface area contributed by atoms with Gasteiger partial charge in [0.1, 0.15) is 12.4 Å². The number of allylic oxidation sites excluding steroid dienone is 3. The van der Waals surface area contributed by atoms with Crippen LogP contribution in [-0.2, 0) is 44.9 Å². The Morgan fingerprint density at radius 3 is 2.36 bits per heavy atom. The van der Waals surface area contributed by atoms with Gasteiger partial charge >= 0.3 is 11.9 Å². The molecule has 3 aliphatic heterocycles. The Bertz CT molecular complexity index is 2790. The molecule has 5 heterocycles. The molecule has 20 heteroatoms. The van der Waals surface area contributed by atoms with Gasteiger partial charge in [-0.3, -0.25) is 43.3 Å². The molecule has 1 N–H and O–H groups in total. The van der Waals surface area contributed by atoms with Crippen molar-refractivity contribution in [3.63, 3.8) is 0 Å². The van der Waals surface area contributed by atoms with Crippen LogP contribution in [0.15, 0.2) is 99.7 Å². The van der Waals surface area contributed by atoms with E-state index in [0.29, 0.717) is 82.9 Å². The van der Waals surface area contributed by atoms with Crippen molar-refractivity contribution in [2.75, 3.05) is 78.0 Å². The van der Waals surface area contributed by atoms with Crippen LogP contribution in [0.25, 0.3) is 5.52 Å². The number of anilines is 1. The summed E-state index contributed by atoms with van der Waals surface area (Å²) >= 11 is 0. The van der Waals surface area contributed by atoms with Crippen molar-refractivity contribution in [2.24, 2.45) is 10.2 Å². The minimum Gasteiger partial charge on any atom is -0.376 e. The number of alkyl halides is 3. The van der Waals surface area contributed by atoms with E-state index in [-0.39, 0.29) is 48.0 Å². The largest absolute Gasteiger partial charge is 0.418 e. The van der Waals surface area contributed by atoms with Crippen molar-refractivity contribution in [3.8, 4) is 0 Å². The number of carbonyl (C=O) groups excluding carboxylic acids is 4. The number of halogens is 3. The zero-order valence-corrected chi connectivity index (χ0v) is 41.3. The van der Waals surface area contributed by atoms with E-state index in [2.05, 4.69) is 61.2 Å². The molecule has 2 aromatic carbocycles. The fourth-order valence-electron chi connectivity index (χ4n) is 10.0. The van der Waals surface area contributed by atoms with Crippen LogP contribution in [0.3, 0.4) is 0 Å². The number of fused-ring (bicyclic) bond motifs is 1. The van der Waals surface area contributed by atoms with Crippen molar-refractivity contribution < 1.29 is 41.8 Å². The fourth-order valence-corrected chi connectivity index (χ4v) is 10.0. The van der Waals surface area contributed by atoms with Gasteiger partial charge in [-0.05, 0) is 66.5 Å². The van der Waals surface area contributed by atoms with E-state index in [1.54, 1.807) is 24.7 Å². The van der Waals surface area contributed by atoms with Crippen molar-refractivity contribution in [1.82, 2.24) is 33.9 Å². The fraction of sp³-hybridized carbons (Fsp3) is 0.453. The minimum atomic E-state index is -4.65. The van der Waals surface area contributed by atoms with Gasteiger partial charge < -0.3 is 24.2 Å². The van der Waals surface area contributed by atoms with Crippen molar-refractivity contribution in [3.05, 3.63) is 129 Å². The number of imide groups is 1. The van der Waals surface area contributed by atoms with Crippen molar-refractivity contribution in [1.29, 1.82) is 0 Å². The van der Waals surface area contributed by atoms with Crippen LogP contribution in [0.2, 0.25) is 0 Å². The van der Waals surface area contributed by atoms with Crippen molar-refractivity contribution in [2.45, 2.75) is 82.6 Å². The topological polar surface area (TPSA) is 166 Å². The van der Waals surface area contributed by atoms with Gasteiger partial charge in [-0.15, -0.1) is 5.10 Å². The number of nitrogens with zero attached hydrogens (tertiary/aromatic N) is 9. The summed E-state index contributed by atoms with van der Waals surface area (Å²) in [6.07, 6.45) is 9.24. The number of imidazole rings is 1. The number of rotatable bonds is 20. The van der Waals surface area contributed by atoms with Crippen molar-refractivity contribution >= 4 is 48.3 Å². The number of hydrogen-bond acceptors (Lipinski definition) is 12. The lowest BCUT2D eigenvalue weighted by molar-refractivity contribution is -0.137. The highest BCUT2D eigenvalue weighted by Crippen LogP contribution is 2.35. The van der Waals surface area contributed by atoms with Gasteiger partial charge in [0.2, 0.25) is 11.8 Å². The maximum absolute atomic E-state index is 14.5. The Kier molecular flexibility index (Phi) is 17.2. The molecular weight excluding hydrogens is 946 g/mol. The Hall–Kier alpha value is -6.74. The van der Waals surface area contributed by atoms with Gasteiger partial charge in [0.05, 0.1) is 54.3 Å². The molecule has 2 unspecified atom stereocenters. The highest BCUT2D eigenvalue weighted by Gasteiger charge is 2.37. The Balaban J connectivity index is 0.758. The van der Waals surface area contributed by atoms with Crippen LogP contribution >= 0.6 is 0 Å². The molecule has 3 fully saturated rings. The summed E-state index contributed by atoms with van der Waals surface area (Å²) in [5.41, 5.74) is 3.20. The third kappa shape index (κ3) is 13.1. The molecular formula is C53H63F3N10O7. The van der Waals surface area contributed by atoms with E-state index >= 15 is 0 Å². The minimum absolute atomic E-state index is 0.00351. The smallest absolute Gasteiger partial charge is 0.376 e. The molecule has 73 heavy (non-hydrogen) atoms. The lowest BCUT2D eigenvalue weighted by Gasteiger charge is -2.38. The number of carbonyl (C=O) groups is 4. The number of hydrogen-bond donors (Lipinski definition) is 1. The van der Waals surface area contributed by atoms with Crippen LogP contribution in [0.1, 0.15) is 87.5 Å². The standard InChI is InChI=1S/C53H63F3N10O7/c1-57-58-36-60(2)19-16-37-6-4-8-42(28-37)65-33-47-44(53(54,55)56)29-40(32-66(47)52(65)71)31-62-20-17-43(18-21-62)73-27-26-72-35-39-12-10-38(11-13-39)30-63-22-24-64(25-23-63)45-9-5-7-41(34-67)49(45)51(70)61(3)46-14-15-48(68)59-50(46)69/h4-7,9-13,28-29,32-34,36,42-43,46H,1,8,14-27,30-31,35H2,2-3H3,(H,59,68,69)/b58-36-. The maximum atomic E-state index is 14.5. The zero-order valence-electron chi connectivity index (χ0n) is 41.3. The molecule has 0 radical (unpaired) electrons. The third-order valence-corrected chi connectivity index (χ3v) is 14.1. The molecule has 2 aromatic heterocycles. The molecule has 0 saturated carbocycles. The summed E-state index contributed by atoms with van der Waals surface area (Å²) in [4.78, 5) is 73.6.